The van der Waals surface area contributed by atoms with Crippen molar-refractivity contribution in [1.29, 1.82) is 0 Å². The molecule has 8 heteroatoms. The van der Waals surface area contributed by atoms with Crippen LogP contribution in [0.5, 0.6) is 0 Å². The quantitative estimate of drug-likeness (QED) is 0.266. The van der Waals surface area contributed by atoms with Gasteiger partial charge in [-0.25, -0.2) is 0 Å². The SMILES string of the molecule is CCCCN(CCO)CC(C(N)=NO)C(F)(F)F. The van der Waals surface area contributed by atoms with E-state index < -0.39 is 24.5 Å². The van der Waals surface area contributed by atoms with Crippen molar-refractivity contribution < 1.29 is 23.5 Å². The number of aliphatic hydroxyl groups excluding tert-OH is 1. The summed E-state index contributed by atoms with van der Waals surface area (Å²) in [6.07, 6.45) is -3.01. The second-order valence-corrected chi connectivity index (χ2v) is 4.00. The van der Waals surface area contributed by atoms with E-state index in [1.165, 1.54) is 4.90 Å². The molecule has 0 saturated heterocycles. The minimum atomic E-state index is -4.57. The van der Waals surface area contributed by atoms with Gasteiger partial charge in [0.05, 0.1) is 6.61 Å². The van der Waals surface area contributed by atoms with Gasteiger partial charge in [0.25, 0.3) is 0 Å². The third-order valence-electron chi connectivity index (χ3n) is 2.55. The topological polar surface area (TPSA) is 82.1 Å². The highest BCUT2D eigenvalue weighted by atomic mass is 19.4. The number of amidine groups is 1. The van der Waals surface area contributed by atoms with Crippen molar-refractivity contribution in [2.75, 3.05) is 26.2 Å². The summed E-state index contributed by atoms with van der Waals surface area (Å²) in [5, 5.41) is 19.6. The Bertz CT molecular complexity index is 259. The number of halogens is 3. The molecule has 1 atom stereocenters. The maximum atomic E-state index is 12.7. The molecular weight excluding hydrogens is 251 g/mol. The van der Waals surface area contributed by atoms with E-state index in [2.05, 4.69) is 5.16 Å². The Balaban J connectivity index is 4.70. The molecule has 0 fully saturated rings. The first kappa shape index (κ1) is 17.0. The number of aliphatic hydroxyl groups is 1. The van der Waals surface area contributed by atoms with E-state index in [1.54, 1.807) is 0 Å². The zero-order chi connectivity index (χ0) is 14.2. The zero-order valence-electron chi connectivity index (χ0n) is 10.3. The van der Waals surface area contributed by atoms with Crippen LogP contribution < -0.4 is 5.73 Å². The molecule has 0 aromatic carbocycles. The fraction of sp³-hybridized carbons (Fsp3) is 0.900. The summed E-state index contributed by atoms with van der Waals surface area (Å²) >= 11 is 0. The largest absolute Gasteiger partial charge is 0.409 e. The molecule has 0 bridgehead atoms. The second kappa shape index (κ2) is 8.15. The van der Waals surface area contributed by atoms with Crippen LogP contribution in [0.15, 0.2) is 5.16 Å². The fourth-order valence-corrected chi connectivity index (χ4v) is 1.51. The van der Waals surface area contributed by atoms with Crippen LogP contribution >= 0.6 is 0 Å². The van der Waals surface area contributed by atoms with Crippen molar-refractivity contribution in [1.82, 2.24) is 4.90 Å². The highest BCUT2D eigenvalue weighted by molar-refractivity contribution is 5.83. The summed E-state index contributed by atoms with van der Waals surface area (Å²) in [5.41, 5.74) is 5.07. The van der Waals surface area contributed by atoms with Gasteiger partial charge in [0.2, 0.25) is 0 Å². The normalized spacial score (nSPS) is 15.1. The van der Waals surface area contributed by atoms with Gasteiger partial charge in [-0.3, -0.25) is 4.90 Å². The van der Waals surface area contributed by atoms with E-state index in [4.69, 9.17) is 16.0 Å². The van der Waals surface area contributed by atoms with E-state index in [0.717, 1.165) is 12.8 Å². The highest BCUT2D eigenvalue weighted by Crippen LogP contribution is 2.27. The number of rotatable bonds is 8. The third kappa shape index (κ3) is 6.06. The van der Waals surface area contributed by atoms with Crippen molar-refractivity contribution in [3.63, 3.8) is 0 Å². The maximum absolute atomic E-state index is 12.7. The monoisotopic (exact) mass is 271 g/mol. The van der Waals surface area contributed by atoms with Gasteiger partial charge in [-0.05, 0) is 13.0 Å². The molecule has 0 amide bonds. The molecule has 0 spiro atoms. The first-order chi connectivity index (χ1) is 8.36. The number of alkyl halides is 3. The number of nitrogens with zero attached hydrogens (tertiary/aromatic N) is 2. The van der Waals surface area contributed by atoms with Gasteiger partial charge in [0, 0.05) is 13.1 Å². The molecule has 4 N–H and O–H groups in total. The Morgan fingerprint density at radius 2 is 2.00 bits per heavy atom. The van der Waals surface area contributed by atoms with Crippen molar-refractivity contribution >= 4 is 5.84 Å². The molecule has 108 valence electrons. The van der Waals surface area contributed by atoms with Crippen molar-refractivity contribution in [3.8, 4) is 0 Å². The van der Waals surface area contributed by atoms with Crippen LogP contribution in [-0.4, -0.2) is 53.5 Å². The number of nitrogens with two attached hydrogens (primary N) is 1. The Hall–Kier alpha value is -1.02. The van der Waals surface area contributed by atoms with Crippen molar-refractivity contribution in [2.24, 2.45) is 16.8 Å². The number of hydrogen-bond donors (Lipinski definition) is 3. The van der Waals surface area contributed by atoms with Gasteiger partial charge in [0.15, 0.2) is 5.84 Å². The zero-order valence-corrected chi connectivity index (χ0v) is 10.3. The molecule has 0 aromatic rings. The van der Waals surface area contributed by atoms with Crippen LogP contribution in [0, 0.1) is 5.92 Å². The Morgan fingerprint density at radius 3 is 2.39 bits per heavy atom. The van der Waals surface area contributed by atoms with Gasteiger partial charge in [0.1, 0.15) is 5.92 Å². The lowest BCUT2D eigenvalue weighted by Gasteiger charge is -2.27. The van der Waals surface area contributed by atoms with E-state index >= 15 is 0 Å². The van der Waals surface area contributed by atoms with Crippen molar-refractivity contribution in [3.05, 3.63) is 0 Å². The van der Waals surface area contributed by atoms with E-state index in [9.17, 15) is 13.2 Å². The smallest absolute Gasteiger partial charge is 0.400 e. The maximum Gasteiger partial charge on any atom is 0.400 e. The molecule has 0 aliphatic heterocycles. The molecule has 5 nitrogen and oxygen atoms in total. The molecule has 0 radical (unpaired) electrons. The minimum Gasteiger partial charge on any atom is -0.409 e. The summed E-state index contributed by atoms with van der Waals surface area (Å²) in [6.45, 7) is 1.83. The van der Waals surface area contributed by atoms with Crippen LogP contribution in [0.1, 0.15) is 19.8 Å². The Kier molecular flexibility index (Phi) is 7.69. The number of oxime groups is 1. The second-order valence-electron chi connectivity index (χ2n) is 4.00. The third-order valence-corrected chi connectivity index (χ3v) is 2.55. The van der Waals surface area contributed by atoms with Crippen LogP contribution in [0.25, 0.3) is 0 Å². The lowest BCUT2D eigenvalue weighted by atomic mass is 10.1. The lowest BCUT2D eigenvalue weighted by Crippen LogP contribution is -2.45. The summed E-state index contributed by atoms with van der Waals surface area (Å²) in [7, 11) is 0. The van der Waals surface area contributed by atoms with Gasteiger partial charge in [-0.15, -0.1) is 0 Å². The highest BCUT2D eigenvalue weighted by Gasteiger charge is 2.43. The fourth-order valence-electron chi connectivity index (χ4n) is 1.51. The summed E-state index contributed by atoms with van der Waals surface area (Å²) in [4.78, 5) is 1.46. The first-order valence-corrected chi connectivity index (χ1v) is 5.74. The summed E-state index contributed by atoms with van der Waals surface area (Å²) in [6, 6.07) is 0. The molecule has 0 rings (SSSR count). The van der Waals surface area contributed by atoms with Gasteiger partial charge in [-0.1, -0.05) is 18.5 Å². The standard InChI is InChI=1S/C10H20F3N3O2/c1-2-3-4-16(5-6-17)7-8(9(14)15-18)10(11,12)13/h8,17-18H,2-7H2,1H3,(H2,14,15). The minimum absolute atomic E-state index is 0.130. The predicted molar refractivity (Wildman–Crippen MR) is 61.4 cm³/mol. The van der Waals surface area contributed by atoms with E-state index in [-0.39, 0.29) is 13.2 Å². The molecule has 0 aliphatic carbocycles. The molecule has 0 aliphatic rings. The summed E-state index contributed by atoms with van der Waals surface area (Å²) in [5.74, 6) is -2.88. The molecule has 0 aromatic heterocycles. The van der Waals surface area contributed by atoms with Gasteiger partial charge in [-0.2, -0.15) is 13.2 Å². The number of unbranched alkanes of at least 4 members (excludes halogenated alkanes) is 1. The molecule has 1 unspecified atom stereocenters. The van der Waals surface area contributed by atoms with Crippen LogP contribution in [0.4, 0.5) is 13.2 Å². The molecule has 0 heterocycles. The van der Waals surface area contributed by atoms with Gasteiger partial charge >= 0.3 is 6.18 Å². The van der Waals surface area contributed by atoms with Crippen LogP contribution in [0.3, 0.4) is 0 Å². The van der Waals surface area contributed by atoms with Gasteiger partial charge < -0.3 is 16.0 Å². The van der Waals surface area contributed by atoms with Crippen LogP contribution in [0.2, 0.25) is 0 Å². The Labute approximate surface area is 104 Å². The lowest BCUT2D eigenvalue weighted by molar-refractivity contribution is -0.160. The average Bonchev–Trinajstić information content (AvgIpc) is 2.30. The summed E-state index contributed by atoms with van der Waals surface area (Å²) < 4.78 is 38.2. The predicted octanol–water partition coefficient (Wildman–Crippen LogP) is 1.01. The first-order valence-electron chi connectivity index (χ1n) is 5.74. The number of hydrogen-bond acceptors (Lipinski definition) is 4. The molecule has 0 saturated carbocycles. The molecular formula is C10H20F3N3O2. The average molecular weight is 271 g/mol. The van der Waals surface area contributed by atoms with Crippen LogP contribution in [-0.2, 0) is 0 Å². The molecule has 18 heavy (non-hydrogen) atoms. The van der Waals surface area contributed by atoms with E-state index in [1.807, 2.05) is 6.92 Å². The van der Waals surface area contributed by atoms with E-state index in [0.29, 0.717) is 6.54 Å². The Morgan fingerprint density at radius 1 is 1.39 bits per heavy atom. The van der Waals surface area contributed by atoms with Crippen molar-refractivity contribution in [2.45, 2.75) is 25.9 Å².